The number of allylic oxidation sites excluding steroid dienone is 5. The molecule has 6 heteroatoms. The molecule has 0 saturated carbocycles. The molecule has 0 bridgehead atoms. The van der Waals surface area contributed by atoms with Crippen molar-refractivity contribution in [1.82, 2.24) is 5.32 Å². The first kappa shape index (κ1) is 65.1. The van der Waals surface area contributed by atoms with Gasteiger partial charge in [0.2, 0.25) is 5.91 Å². The summed E-state index contributed by atoms with van der Waals surface area (Å²) in [5.74, 6) is -0.0647. The van der Waals surface area contributed by atoms with Crippen LogP contribution in [0, 0.1) is 0 Å². The number of rotatable bonds is 55. The molecule has 0 aliphatic rings. The van der Waals surface area contributed by atoms with Crippen LogP contribution in [0.15, 0.2) is 36.5 Å². The third-order valence-corrected chi connectivity index (χ3v) is 13.6. The molecule has 6 nitrogen and oxygen atoms in total. The Hall–Kier alpha value is -1.92. The molecule has 0 aromatic heterocycles. The largest absolute Gasteiger partial charge is 0.466 e. The van der Waals surface area contributed by atoms with Crippen LogP contribution in [0.1, 0.15) is 316 Å². The Morgan fingerprint density at radius 1 is 0.403 bits per heavy atom. The van der Waals surface area contributed by atoms with Gasteiger partial charge in [0.25, 0.3) is 0 Å². The van der Waals surface area contributed by atoms with Crippen LogP contribution in [0.4, 0.5) is 0 Å². The summed E-state index contributed by atoms with van der Waals surface area (Å²) >= 11 is 0. The van der Waals surface area contributed by atoms with Crippen molar-refractivity contribution in [3.63, 3.8) is 0 Å². The first-order chi connectivity index (χ1) is 33.0. The van der Waals surface area contributed by atoms with E-state index in [-0.39, 0.29) is 18.5 Å². The van der Waals surface area contributed by atoms with Gasteiger partial charge in [-0.3, -0.25) is 9.59 Å². The van der Waals surface area contributed by atoms with Crippen molar-refractivity contribution >= 4 is 11.9 Å². The minimum absolute atomic E-state index is 0.00580. The van der Waals surface area contributed by atoms with Crippen LogP contribution in [-0.2, 0) is 14.3 Å². The number of hydrogen-bond acceptors (Lipinski definition) is 5. The normalized spacial score (nSPS) is 12.8. The molecule has 0 spiro atoms. The summed E-state index contributed by atoms with van der Waals surface area (Å²) in [4.78, 5) is 24.4. The van der Waals surface area contributed by atoms with E-state index in [4.69, 9.17) is 4.74 Å². The summed E-state index contributed by atoms with van der Waals surface area (Å²) in [6.07, 6.45) is 70.5. The van der Waals surface area contributed by atoms with Gasteiger partial charge in [-0.15, -0.1) is 0 Å². The summed E-state index contributed by atoms with van der Waals surface area (Å²) in [5, 5.41) is 22.9. The predicted octanol–water partition coefficient (Wildman–Crippen LogP) is 18.4. The van der Waals surface area contributed by atoms with E-state index in [0.29, 0.717) is 19.4 Å². The van der Waals surface area contributed by atoms with E-state index in [9.17, 15) is 19.8 Å². The lowest BCUT2D eigenvalue weighted by Crippen LogP contribution is -2.45. The second-order valence-electron chi connectivity index (χ2n) is 20.3. The molecule has 0 aliphatic heterocycles. The predicted molar refractivity (Wildman–Crippen MR) is 292 cm³/mol. The van der Waals surface area contributed by atoms with Crippen molar-refractivity contribution in [2.75, 3.05) is 13.2 Å². The number of aliphatic hydroxyl groups excluding tert-OH is 2. The van der Waals surface area contributed by atoms with E-state index in [0.717, 1.165) is 44.9 Å². The van der Waals surface area contributed by atoms with Crippen molar-refractivity contribution in [2.24, 2.45) is 0 Å². The van der Waals surface area contributed by atoms with Crippen LogP contribution in [0.5, 0.6) is 0 Å². The maximum atomic E-state index is 12.4. The molecule has 2 atom stereocenters. The molecule has 0 radical (unpaired) electrons. The van der Waals surface area contributed by atoms with Gasteiger partial charge in [-0.05, 0) is 83.5 Å². The first-order valence-electron chi connectivity index (χ1n) is 29.8. The fraction of sp³-hybridized carbons (Fsp3) is 0.869. The zero-order valence-corrected chi connectivity index (χ0v) is 44.9. The lowest BCUT2D eigenvalue weighted by Gasteiger charge is -2.20. The zero-order chi connectivity index (χ0) is 48.6. The van der Waals surface area contributed by atoms with Crippen LogP contribution in [0.3, 0.4) is 0 Å². The number of unbranched alkanes of at least 4 members (excludes halogenated alkanes) is 40. The average Bonchev–Trinajstić information content (AvgIpc) is 3.33. The van der Waals surface area contributed by atoms with Crippen LogP contribution in [0.2, 0.25) is 0 Å². The number of amides is 1. The molecule has 0 aromatic rings. The zero-order valence-electron chi connectivity index (χ0n) is 44.9. The number of esters is 1. The number of aliphatic hydroxyl groups is 2. The molecule has 67 heavy (non-hydrogen) atoms. The minimum atomic E-state index is -0.842. The molecular weight excluding hydrogens is 827 g/mol. The van der Waals surface area contributed by atoms with Gasteiger partial charge < -0.3 is 20.3 Å². The second kappa shape index (κ2) is 56.7. The molecule has 2 unspecified atom stereocenters. The Morgan fingerprint density at radius 3 is 1.07 bits per heavy atom. The SMILES string of the molecule is CCCCCC/C=C\CCCCCCCC(=O)OCCCCCCCCCCCCCC/C=C\CCCCCCCCCCCCCCC(=O)NC(CO)C(O)/C=C/CCCCCCCCC. The van der Waals surface area contributed by atoms with Gasteiger partial charge in [0.05, 0.1) is 25.4 Å². The third kappa shape index (κ3) is 53.3. The van der Waals surface area contributed by atoms with Crippen molar-refractivity contribution in [3.05, 3.63) is 36.5 Å². The van der Waals surface area contributed by atoms with E-state index in [1.54, 1.807) is 6.08 Å². The smallest absolute Gasteiger partial charge is 0.305 e. The number of nitrogens with one attached hydrogen (secondary N) is 1. The van der Waals surface area contributed by atoms with Gasteiger partial charge in [0.1, 0.15) is 0 Å². The van der Waals surface area contributed by atoms with Gasteiger partial charge in [-0.25, -0.2) is 0 Å². The van der Waals surface area contributed by atoms with Crippen LogP contribution in [-0.4, -0.2) is 47.4 Å². The van der Waals surface area contributed by atoms with Crippen LogP contribution in [0.25, 0.3) is 0 Å². The fourth-order valence-corrected chi connectivity index (χ4v) is 9.03. The Morgan fingerprint density at radius 2 is 0.701 bits per heavy atom. The second-order valence-corrected chi connectivity index (χ2v) is 20.3. The lowest BCUT2D eigenvalue weighted by molar-refractivity contribution is -0.143. The lowest BCUT2D eigenvalue weighted by atomic mass is 10.0. The topological polar surface area (TPSA) is 95.9 Å². The Kier molecular flexibility index (Phi) is 55.0. The molecule has 0 rings (SSSR count). The summed E-state index contributed by atoms with van der Waals surface area (Å²) in [5.41, 5.74) is 0. The van der Waals surface area contributed by atoms with Crippen molar-refractivity contribution in [2.45, 2.75) is 328 Å². The summed E-state index contributed by atoms with van der Waals surface area (Å²) in [6, 6.07) is -0.625. The quantitative estimate of drug-likeness (QED) is 0.0321. The van der Waals surface area contributed by atoms with Gasteiger partial charge >= 0.3 is 5.97 Å². The molecule has 0 saturated heterocycles. The summed E-state index contributed by atoms with van der Waals surface area (Å²) in [7, 11) is 0. The molecule has 1 amide bonds. The van der Waals surface area contributed by atoms with E-state index >= 15 is 0 Å². The Labute approximate surface area is 417 Å². The van der Waals surface area contributed by atoms with Gasteiger partial charge in [0.15, 0.2) is 0 Å². The highest BCUT2D eigenvalue weighted by Crippen LogP contribution is 2.16. The number of ether oxygens (including phenoxy) is 1. The van der Waals surface area contributed by atoms with E-state index in [1.165, 1.54) is 244 Å². The minimum Gasteiger partial charge on any atom is -0.466 e. The van der Waals surface area contributed by atoms with Crippen LogP contribution < -0.4 is 5.32 Å². The van der Waals surface area contributed by atoms with Crippen molar-refractivity contribution < 1.29 is 24.5 Å². The Bertz CT molecular complexity index is 1090. The van der Waals surface area contributed by atoms with E-state index < -0.39 is 12.1 Å². The monoisotopic (exact) mass is 942 g/mol. The Balaban J connectivity index is 3.36. The maximum Gasteiger partial charge on any atom is 0.305 e. The fourth-order valence-electron chi connectivity index (χ4n) is 9.03. The molecule has 0 aromatic carbocycles. The highest BCUT2D eigenvalue weighted by molar-refractivity contribution is 5.76. The molecule has 0 heterocycles. The van der Waals surface area contributed by atoms with Gasteiger partial charge in [-0.1, -0.05) is 256 Å². The molecule has 394 valence electrons. The third-order valence-electron chi connectivity index (χ3n) is 13.6. The van der Waals surface area contributed by atoms with Crippen molar-refractivity contribution in [1.29, 1.82) is 0 Å². The molecule has 0 aliphatic carbocycles. The van der Waals surface area contributed by atoms with Crippen molar-refractivity contribution in [3.8, 4) is 0 Å². The number of carbonyl (C=O) groups excluding carboxylic acids is 2. The number of hydrogen-bond donors (Lipinski definition) is 3. The van der Waals surface area contributed by atoms with E-state index in [2.05, 4.69) is 43.5 Å². The highest BCUT2D eigenvalue weighted by Gasteiger charge is 2.18. The molecular formula is C61H115NO5. The summed E-state index contributed by atoms with van der Waals surface area (Å²) < 4.78 is 5.47. The maximum absolute atomic E-state index is 12.4. The molecule has 0 fully saturated rings. The average molecular weight is 943 g/mol. The number of carbonyl (C=O) groups is 2. The first-order valence-corrected chi connectivity index (χ1v) is 29.8. The van der Waals surface area contributed by atoms with Gasteiger partial charge in [-0.2, -0.15) is 0 Å². The van der Waals surface area contributed by atoms with Gasteiger partial charge in [0, 0.05) is 12.8 Å². The van der Waals surface area contributed by atoms with Crippen LogP contribution >= 0.6 is 0 Å². The summed E-state index contributed by atoms with van der Waals surface area (Å²) in [6.45, 7) is 4.86. The standard InChI is InChI=1S/C61H115NO5/c1-3-5-7-9-11-13-14-31-35-39-43-47-51-55-61(66)67-56-52-48-44-40-36-33-30-28-26-24-22-20-18-16-15-17-19-21-23-25-27-29-32-34-38-42-46-50-54-60(65)62-58(57-63)59(64)53-49-45-41-37-12-10-8-6-4-2/h13-16,49,53,58-59,63-64H,3-12,17-48,50-52,54-57H2,1-2H3,(H,62,65)/b14-13-,16-15-,53-49+. The highest BCUT2D eigenvalue weighted by atomic mass is 16.5. The molecule has 3 N–H and O–H groups in total. The van der Waals surface area contributed by atoms with E-state index in [1.807, 2.05) is 6.08 Å².